The molecule has 2 aromatic carbocycles. The average molecular weight is 735 g/mol. The van der Waals surface area contributed by atoms with Gasteiger partial charge in [0.2, 0.25) is 0 Å². The number of carbonyl (C=O) groups is 4. The molecule has 8 rings (SSSR count). The first-order chi connectivity index (χ1) is 24.9. The molecule has 3 saturated carbocycles. The van der Waals surface area contributed by atoms with Crippen LogP contribution in [0.3, 0.4) is 0 Å². The maximum absolute atomic E-state index is 14.1. The van der Waals surface area contributed by atoms with Gasteiger partial charge in [0.25, 0.3) is 0 Å². The third kappa shape index (κ3) is 5.00. The van der Waals surface area contributed by atoms with Crippen molar-refractivity contribution >= 4 is 23.9 Å². The predicted octanol–water partition coefficient (Wildman–Crippen LogP) is 3.73. The van der Waals surface area contributed by atoms with Crippen LogP contribution in [-0.4, -0.2) is 87.0 Å². The summed E-state index contributed by atoms with van der Waals surface area (Å²) in [6, 6.07) is 16.8. The zero-order valence-electron chi connectivity index (χ0n) is 30.8. The molecule has 13 heteroatoms. The fourth-order valence-corrected chi connectivity index (χ4v) is 10.4. The van der Waals surface area contributed by atoms with Gasteiger partial charge in [-0.15, -0.1) is 0 Å². The van der Waals surface area contributed by atoms with Crippen LogP contribution in [0.4, 0.5) is 0 Å². The van der Waals surface area contributed by atoms with Gasteiger partial charge in [-0.25, -0.2) is 4.79 Å². The quantitative estimate of drug-likeness (QED) is 0.240. The second kappa shape index (κ2) is 12.5. The Kier molecular flexibility index (Phi) is 8.74. The first-order valence-electron chi connectivity index (χ1n) is 17.9. The van der Waals surface area contributed by atoms with Crippen LogP contribution in [0.2, 0.25) is 0 Å². The van der Waals surface area contributed by atoms with E-state index in [1.165, 1.54) is 26.0 Å². The zero-order valence-corrected chi connectivity index (χ0v) is 30.8. The summed E-state index contributed by atoms with van der Waals surface area (Å²) >= 11 is 0. The van der Waals surface area contributed by atoms with E-state index in [-0.39, 0.29) is 17.6 Å². The molecule has 284 valence electrons. The number of aliphatic hydroxyl groups excluding tert-OH is 1. The van der Waals surface area contributed by atoms with Crippen LogP contribution in [0.1, 0.15) is 70.8 Å². The fraction of sp³-hybridized carbons (Fsp3) is 0.550. The number of hydrogen-bond acceptors (Lipinski definition) is 13. The van der Waals surface area contributed by atoms with E-state index in [4.69, 9.17) is 33.2 Å². The summed E-state index contributed by atoms with van der Waals surface area (Å²) in [5.74, 6) is -8.96. The Hall–Kier alpha value is -4.14. The molecule has 0 amide bonds. The van der Waals surface area contributed by atoms with Gasteiger partial charge in [-0.05, 0) is 43.9 Å². The smallest absolute Gasteiger partial charge is 0.338 e. The number of benzene rings is 2. The molecule has 14 atom stereocenters. The second-order valence-electron chi connectivity index (χ2n) is 15.5. The Morgan fingerprint density at radius 1 is 0.811 bits per heavy atom. The van der Waals surface area contributed by atoms with E-state index in [0.29, 0.717) is 5.56 Å². The van der Waals surface area contributed by atoms with Gasteiger partial charge >= 0.3 is 29.9 Å². The van der Waals surface area contributed by atoms with Crippen LogP contribution in [-0.2, 0) is 53.5 Å². The molecule has 13 nitrogen and oxygen atoms in total. The second-order valence-corrected chi connectivity index (χ2v) is 15.5. The molecule has 3 aliphatic carbocycles. The van der Waals surface area contributed by atoms with Gasteiger partial charge < -0.3 is 43.4 Å². The normalized spacial score (nSPS) is 43.5. The molecular weight excluding hydrogens is 688 g/mol. The monoisotopic (exact) mass is 734 g/mol. The Bertz CT molecular complexity index is 1830. The molecule has 1 spiro atoms. The Labute approximate surface area is 307 Å². The van der Waals surface area contributed by atoms with Crippen molar-refractivity contribution in [1.82, 2.24) is 0 Å². The molecule has 2 N–H and O–H groups in total. The number of fused-ring (bicyclic) bond motifs is 1. The van der Waals surface area contributed by atoms with Crippen molar-refractivity contribution in [3.63, 3.8) is 0 Å². The zero-order chi connectivity index (χ0) is 38.5. The molecule has 0 unspecified atom stereocenters. The molecule has 53 heavy (non-hydrogen) atoms. The lowest BCUT2D eigenvalue weighted by atomic mass is 9.51. The third-order valence-electron chi connectivity index (χ3n) is 12.3. The summed E-state index contributed by atoms with van der Waals surface area (Å²) in [6.07, 6.45) is -7.27. The summed E-state index contributed by atoms with van der Waals surface area (Å²) < 4.78 is 45.6. The fourth-order valence-electron chi connectivity index (χ4n) is 10.4. The van der Waals surface area contributed by atoms with Crippen LogP contribution >= 0.6 is 0 Å². The van der Waals surface area contributed by atoms with Crippen molar-refractivity contribution in [2.45, 2.75) is 114 Å². The Balaban J connectivity index is 1.59. The molecule has 3 heterocycles. The predicted molar refractivity (Wildman–Crippen MR) is 183 cm³/mol. The molecule has 4 bridgehead atoms. The van der Waals surface area contributed by atoms with Crippen LogP contribution < -0.4 is 0 Å². The molecule has 3 saturated heterocycles. The van der Waals surface area contributed by atoms with Crippen molar-refractivity contribution in [3.05, 3.63) is 83.9 Å². The van der Waals surface area contributed by atoms with E-state index in [1.54, 1.807) is 69.3 Å². The summed E-state index contributed by atoms with van der Waals surface area (Å²) in [6.45, 7) is 14.3. The van der Waals surface area contributed by atoms with Crippen LogP contribution in [0, 0.1) is 23.7 Å². The van der Waals surface area contributed by atoms with Gasteiger partial charge in [0, 0.05) is 38.2 Å². The lowest BCUT2D eigenvalue weighted by molar-refractivity contribution is -0.586. The van der Waals surface area contributed by atoms with E-state index >= 15 is 0 Å². The standard InChI is InChI=1S/C40H46O13/c1-20(2)37(46)31-22(4)38-28-19-21(3)30(47-23(5)41)39(28,49-25(7)43)35(45)36(8,52-34(44)26-15-11-9-12-16-26)32(48-24(6)42)29(38)33(37)51-40(50-31,53-38)27-17-13-10-14-18-27/h9-18,21-22,28-33,35,45-46H,1,19H2,2-8H3/t21-,22+,28-,29-,30-,31-,32-,33+,35+,36+,37-,38-,39+,40-/m0/s1. The topological polar surface area (TPSA) is 173 Å². The number of aliphatic hydroxyl groups is 2. The lowest BCUT2D eigenvalue weighted by Gasteiger charge is -2.73. The maximum atomic E-state index is 14.1. The van der Waals surface area contributed by atoms with E-state index < -0.39 is 106 Å². The summed E-state index contributed by atoms with van der Waals surface area (Å²) in [5.41, 5.74) is -7.27. The van der Waals surface area contributed by atoms with Crippen molar-refractivity contribution in [3.8, 4) is 0 Å². The van der Waals surface area contributed by atoms with Crippen molar-refractivity contribution < 1.29 is 62.5 Å². The minimum Gasteiger partial charge on any atom is -0.458 e. The van der Waals surface area contributed by atoms with E-state index in [9.17, 15) is 29.4 Å². The van der Waals surface area contributed by atoms with Crippen molar-refractivity contribution in [1.29, 1.82) is 0 Å². The van der Waals surface area contributed by atoms with Gasteiger partial charge in [0.05, 0.1) is 17.1 Å². The van der Waals surface area contributed by atoms with Gasteiger partial charge in [-0.2, -0.15) is 0 Å². The van der Waals surface area contributed by atoms with E-state index in [2.05, 4.69) is 6.58 Å². The van der Waals surface area contributed by atoms with Gasteiger partial charge in [0.15, 0.2) is 17.3 Å². The number of ether oxygens (including phenoxy) is 7. The molecular formula is C40H46O13. The molecule has 3 aliphatic heterocycles. The van der Waals surface area contributed by atoms with Crippen molar-refractivity contribution in [2.24, 2.45) is 23.7 Å². The van der Waals surface area contributed by atoms with Crippen LogP contribution in [0.5, 0.6) is 0 Å². The number of rotatable bonds is 7. The average Bonchev–Trinajstić information content (AvgIpc) is 3.36. The maximum Gasteiger partial charge on any atom is 0.338 e. The van der Waals surface area contributed by atoms with Gasteiger partial charge in [0.1, 0.15) is 30.0 Å². The van der Waals surface area contributed by atoms with E-state index in [1.807, 2.05) is 0 Å². The van der Waals surface area contributed by atoms with Crippen LogP contribution in [0.15, 0.2) is 72.8 Å². The number of carbonyl (C=O) groups excluding carboxylic acids is 4. The van der Waals surface area contributed by atoms with Crippen LogP contribution in [0.25, 0.3) is 0 Å². The summed E-state index contributed by atoms with van der Waals surface area (Å²) in [7, 11) is 0. The van der Waals surface area contributed by atoms with Gasteiger partial charge in [-0.3, -0.25) is 14.4 Å². The molecule has 0 aromatic heterocycles. The summed E-state index contributed by atoms with van der Waals surface area (Å²) in [4.78, 5) is 53.7. The van der Waals surface area contributed by atoms with Crippen molar-refractivity contribution in [2.75, 3.05) is 0 Å². The third-order valence-corrected chi connectivity index (χ3v) is 12.3. The lowest BCUT2D eigenvalue weighted by Crippen LogP contribution is -2.86. The summed E-state index contributed by atoms with van der Waals surface area (Å²) in [5, 5.41) is 26.0. The number of hydrogen-bond donors (Lipinski definition) is 2. The minimum absolute atomic E-state index is 0.108. The first-order valence-corrected chi connectivity index (χ1v) is 17.9. The molecule has 6 aliphatic rings. The highest BCUT2D eigenvalue weighted by Gasteiger charge is 2.88. The largest absolute Gasteiger partial charge is 0.458 e. The molecule has 6 fully saturated rings. The minimum atomic E-state index is -2.29. The van der Waals surface area contributed by atoms with E-state index in [0.717, 1.165) is 13.8 Å². The number of esters is 4. The van der Waals surface area contributed by atoms with Gasteiger partial charge in [-0.1, -0.05) is 69.0 Å². The first kappa shape index (κ1) is 37.2. The SMILES string of the molecule is C=C(C)[C@@]1(O)[C@@H]2O[C@]3(c4ccccc4)O[C@H]1[C@@H](C)[C@@]1(O3)[C@H]2[C@H](OC(C)=O)[C@@](C)(OC(=O)c2ccccc2)[C@@H](O)[C@@]2(OC(C)=O)[C@H]1C[C@H](C)[C@@H]2OC(C)=O. The highest BCUT2D eigenvalue weighted by Crippen LogP contribution is 2.72. The highest BCUT2D eigenvalue weighted by atomic mass is 16.9. The molecule has 2 aromatic rings. The highest BCUT2D eigenvalue weighted by molar-refractivity contribution is 5.89. The molecule has 0 radical (unpaired) electrons. The Morgan fingerprint density at radius 2 is 1.38 bits per heavy atom. The Morgan fingerprint density at radius 3 is 1.94 bits per heavy atom.